The molecule has 4 rings (SSSR count). The van der Waals surface area contributed by atoms with Crippen molar-refractivity contribution in [1.82, 2.24) is 24.6 Å². The van der Waals surface area contributed by atoms with Crippen LogP contribution >= 0.6 is 12.4 Å². The Kier molecular flexibility index (Phi) is 7.29. The van der Waals surface area contributed by atoms with Gasteiger partial charge in [0.1, 0.15) is 18.8 Å². The molecule has 2 saturated heterocycles. The molecule has 0 radical (unpaired) electrons. The van der Waals surface area contributed by atoms with Gasteiger partial charge in [0.05, 0.1) is 11.6 Å². The Labute approximate surface area is 178 Å². The number of carbonyl (C=O) groups is 1. The van der Waals surface area contributed by atoms with Crippen molar-refractivity contribution < 1.29 is 9.53 Å². The molecule has 2 aliphatic rings. The number of likely N-dealkylation sites (tertiary alicyclic amines) is 1. The number of halogens is 1. The fourth-order valence-corrected chi connectivity index (χ4v) is 4.84. The molecule has 29 heavy (non-hydrogen) atoms. The summed E-state index contributed by atoms with van der Waals surface area (Å²) in [6.07, 6.45) is 10.3. The van der Waals surface area contributed by atoms with Crippen molar-refractivity contribution in [2.75, 3.05) is 38.3 Å². The second kappa shape index (κ2) is 9.71. The number of amides is 1. The van der Waals surface area contributed by atoms with E-state index in [2.05, 4.69) is 24.9 Å². The van der Waals surface area contributed by atoms with E-state index in [1.54, 1.807) is 18.1 Å². The van der Waals surface area contributed by atoms with E-state index in [0.29, 0.717) is 12.0 Å². The van der Waals surface area contributed by atoms with Crippen molar-refractivity contribution in [3.05, 3.63) is 12.5 Å². The summed E-state index contributed by atoms with van der Waals surface area (Å²) >= 11 is 0. The SMILES string of the molecule is COCC(=O)N1CCCCCC1C1CCN(c2ncnc3c2cnn3C)CC1.Cl. The number of fused-ring (bicyclic) bond motifs is 1. The fraction of sp³-hybridized carbons (Fsp3) is 0.700. The molecule has 2 aromatic rings. The minimum absolute atomic E-state index is 0. The first-order chi connectivity index (χ1) is 13.7. The van der Waals surface area contributed by atoms with E-state index in [1.165, 1.54) is 12.8 Å². The number of rotatable bonds is 4. The van der Waals surface area contributed by atoms with Crippen molar-refractivity contribution in [1.29, 1.82) is 0 Å². The molecule has 0 spiro atoms. The highest BCUT2D eigenvalue weighted by Gasteiger charge is 2.34. The summed E-state index contributed by atoms with van der Waals surface area (Å²) in [5.41, 5.74) is 0.868. The van der Waals surface area contributed by atoms with Gasteiger partial charge in [0.15, 0.2) is 5.65 Å². The molecule has 0 saturated carbocycles. The number of piperidine rings is 1. The van der Waals surface area contributed by atoms with Crippen LogP contribution in [0.4, 0.5) is 5.82 Å². The Morgan fingerprint density at radius 2 is 1.93 bits per heavy atom. The van der Waals surface area contributed by atoms with Crippen molar-refractivity contribution in [3.8, 4) is 0 Å². The summed E-state index contributed by atoms with van der Waals surface area (Å²) in [6, 6.07) is 0.344. The molecule has 1 unspecified atom stereocenters. The summed E-state index contributed by atoms with van der Waals surface area (Å²) in [5, 5.41) is 5.34. The zero-order chi connectivity index (χ0) is 19.5. The van der Waals surface area contributed by atoms with E-state index >= 15 is 0 Å². The lowest BCUT2D eigenvalue weighted by Crippen LogP contribution is -2.49. The third-order valence-electron chi connectivity index (χ3n) is 6.28. The van der Waals surface area contributed by atoms with E-state index in [1.807, 2.05) is 13.2 Å². The zero-order valence-electron chi connectivity index (χ0n) is 17.3. The topological polar surface area (TPSA) is 76.4 Å². The third kappa shape index (κ3) is 4.48. The molecule has 1 atom stereocenters. The van der Waals surface area contributed by atoms with Crippen LogP contribution in [0.1, 0.15) is 38.5 Å². The lowest BCUT2D eigenvalue weighted by Gasteiger charge is -2.41. The highest BCUT2D eigenvalue weighted by molar-refractivity contribution is 5.86. The maximum atomic E-state index is 12.6. The Hall–Kier alpha value is -1.93. The molecule has 9 heteroatoms. The number of hydrogen-bond donors (Lipinski definition) is 0. The zero-order valence-corrected chi connectivity index (χ0v) is 18.1. The predicted molar refractivity (Wildman–Crippen MR) is 114 cm³/mol. The Morgan fingerprint density at radius 3 is 2.69 bits per heavy atom. The van der Waals surface area contributed by atoms with Gasteiger partial charge in [-0.25, -0.2) is 9.97 Å². The minimum Gasteiger partial charge on any atom is -0.375 e. The molecular formula is C20H31ClN6O2. The molecule has 0 bridgehead atoms. The Bertz CT molecular complexity index is 820. The number of carbonyl (C=O) groups excluding carboxylic acids is 1. The second-order valence-corrected chi connectivity index (χ2v) is 7.96. The van der Waals surface area contributed by atoms with Gasteiger partial charge in [-0.1, -0.05) is 12.8 Å². The third-order valence-corrected chi connectivity index (χ3v) is 6.28. The average molecular weight is 423 g/mol. The molecule has 8 nitrogen and oxygen atoms in total. The summed E-state index contributed by atoms with van der Waals surface area (Å²) in [7, 11) is 3.51. The molecule has 0 aliphatic carbocycles. The minimum atomic E-state index is 0. The first-order valence-corrected chi connectivity index (χ1v) is 10.3. The molecule has 4 heterocycles. The fourth-order valence-electron chi connectivity index (χ4n) is 4.84. The predicted octanol–water partition coefficient (Wildman–Crippen LogP) is 2.42. The summed E-state index contributed by atoms with van der Waals surface area (Å²) < 4.78 is 6.92. The van der Waals surface area contributed by atoms with Crippen LogP contribution in [0.15, 0.2) is 12.5 Å². The first-order valence-electron chi connectivity index (χ1n) is 10.3. The number of aryl methyl sites for hydroxylation is 1. The molecule has 2 aromatic heterocycles. The Balaban J connectivity index is 0.00000240. The monoisotopic (exact) mass is 422 g/mol. The van der Waals surface area contributed by atoms with Gasteiger partial charge in [-0.05, 0) is 31.6 Å². The van der Waals surface area contributed by atoms with Crippen LogP contribution in [-0.2, 0) is 16.6 Å². The van der Waals surface area contributed by atoms with Crippen LogP contribution in [0.2, 0.25) is 0 Å². The quantitative estimate of drug-likeness (QED) is 0.753. The van der Waals surface area contributed by atoms with Gasteiger partial charge in [0, 0.05) is 39.8 Å². The van der Waals surface area contributed by atoms with Crippen molar-refractivity contribution in [2.45, 2.75) is 44.6 Å². The number of nitrogens with zero attached hydrogens (tertiary/aromatic N) is 6. The van der Waals surface area contributed by atoms with Crippen LogP contribution in [0.5, 0.6) is 0 Å². The number of ether oxygens (including phenoxy) is 1. The first kappa shape index (κ1) is 21.8. The van der Waals surface area contributed by atoms with E-state index in [0.717, 1.165) is 62.2 Å². The van der Waals surface area contributed by atoms with Crippen LogP contribution in [-0.4, -0.2) is 69.9 Å². The summed E-state index contributed by atoms with van der Waals surface area (Å²) in [6.45, 7) is 2.97. The lowest BCUT2D eigenvalue weighted by molar-refractivity contribution is -0.138. The van der Waals surface area contributed by atoms with Gasteiger partial charge in [-0.15, -0.1) is 12.4 Å². The van der Waals surface area contributed by atoms with Gasteiger partial charge in [0.2, 0.25) is 5.91 Å². The lowest BCUT2D eigenvalue weighted by atomic mass is 9.86. The van der Waals surface area contributed by atoms with Crippen LogP contribution in [0.3, 0.4) is 0 Å². The van der Waals surface area contributed by atoms with Crippen molar-refractivity contribution >= 4 is 35.2 Å². The molecule has 2 fully saturated rings. The normalized spacial score (nSPS) is 21.1. The standard InChI is InChI=1S/C20H30N6O2.ClH/c1-24-19-16(12-23-24)20(22-14-21-19)25-10-7-15(8-11-25)17-6-4-3-5-9-26(17)18(27)13-28-2;/h12,14-15,17H,3-11,13H2,1-2H3;1H. The van der Waals surface area contributed by atoms with Crippen molar-refractivity contribution in [3.63, 3.8) is 0 Å². The molecule has 0 aromatic carbocycles. The maximum Gasteiger partial charge on any atom is 0.248 e. The number of anilines is 1. The molecule has 2 aliphatic heterocycles. The molecular weight excluding hydrogens is 392 g/mol. The smallest absolute Gasteiger partial charge is 0.248 e. The average Bonchev–Trinajstić information content (AvgIpc) is 2.94. The van der Waals surface area contributed by atoms with E-state index in [9.17, 15) is 4.79 Å². The van der Waals surface area contributed by atoms with Crippen molar-refractivity contribution in [2.24, 2.45) is 13.0 Å². The summed E-state index contributed by atoms with van der Waals surface area (Å²) in [5.74, 6) is 1.66. The number of hydrogen-bond acceptors (Lipinski definition) is 6. The highest BCUT2D eigenvalue weighted by Crippen LogP contribution is 2.33. The second-order valence-electron chi connectivity index (χ2n) is 7.96. The number of methoxy groups -OCH3 is 1. The highest BCUT2D eigenvalue weighted by atomic mass is 35.5. The summed E-state index contributed by atoms with van der Waals surface area (Å²) in [4.78, 5) is 26.0. The molecule has 160 valence electrons. The maximum absolute atomic E-state index is 12.6. The van der Waals surface area contributed by atoms with E-state index in [-0.39, 0.29) is 24.9 Å². The van der Waals surface area contributed by atoms with Crippen LogP contribution < -0.4 is 4.90 Å². The number of aromatic nitrogens is 4. The van der Waals surface area contributed by atoms with E-state index in [4.69, 9.17) is 4.74 Å². The van der Waals surface area contributed by atoms with Crippen LogP contribution in [0, 0.1) is 5.92 Å². The van der Waals surface area contributed by atoms with Gasteiger partial charge in [0.25, 0.3) is 0 Å². The molecule has 0 N–H and O–H groups in total. The Morgan fingerprint density at radius 1 is 1.14 bits per heavy atom. The van der Waals surface area contributed by atoms with Gasteiger partial charge in [-0.2, -0.15) is 5.10 Å². The van der Waals surface area contributed by atoms with Gasteiger partial charge < -0.3 is 14.5 Å². The van der Waals surface area contributed by atoms with E-state index < -0.39 is 0 Å². The van der Waals surface area contributed by atoms with Gasteiger partial charge in [-0.3, -0.25) is 9.48 Å². The molecule has 1 amide bonds. The largest absolute Gasteiger partial charge is 0.375 e. The van der Waals surface area contributed by atoms with Crippen LogP contribution in [0.25, 0.3) is 11.0 Å². The van der Waals surface area contributed by atoms with Gasteiger partial charge >= 0.3 is 0 Å².